The van der Waals surface area contributed by atoms with Crippen LogP contribution < -0.4 is 15.9 Å². The number of benzene rings is 3. The van der Waals surface area contributed by atoms with Crippen LogP contribution in [0.2, 0.25) is 0 Å². The van der Waals surface area contributed by atoms with Crippen LogP contribution in [-0.4, -0.2) is 10.6 Å². The van der Waals surface area contributed by atoms with E-state index < -0.39 is 4.25 Å². The summed E-state index contributed by atoms with van der Waals surface area (Å²) in [6, 6.07) is 32.0. The second-order valence-electron chi connectivity index (χ2n) is 5.95. The van der Waals surface area contributed by atoms with Gasteiger partial charge in [0.2, 0.25) is 0 Å². The molecule has 0 fully saturated rings. The summed E-state index contributed by atoms with van der Waals surface area (Å²) >= 11 is 4.13. The molecule has 0 N–H and O–H groups in total. The Morgan fingerprint density at radius 1 is 0.760 bits per heavy atom. The fourth-order valence-electron chi connectivity index (χ4n) is 3.10. The van der Waals surface area contributed by atoms with E-state index in [2.05, 4.69) is 113 Å². The van der Waals surface area contributed by atoms with Gasteiger partial charge in [0.05, 0.1) is 0 Å². The summed E-state index contributed by atoms with van der Waals surface area (Å²) in [6.45, 7) is 1.66. The van der Waals surface area contributed by atoms with Gasteiger partial charge in [-0.2, -0.15) is 0 Å². The van der Waals surface area contributed by atoms with E-state index in [0.717, 1.165) is 5.49 Å². The zero-order valence-electron chi connectivity index (χ0n) is 14.0. The van der Waals surface area contributed by atoms with Crippen LogP contribution in [0.25, 0.3) is 0 Å². The van der Waals surface area contributed by atoms with Crippen LogP contribution in [0, 0.1) is 0 Å². The summed E-state index contributed by atoms with van der Waals surface area (Å²) in [6.07, 6.45) is 0. The van der Waals surface area contributed by atoms with Crippen molar-refractivity contribution >= 4 is 59.1 Å². The van der Waals surface area contributed by atoms with Crippen LogP contribution in [0.1, 0.15) is 6.92 Å². The molecule has 3 rings (SSSR count). The minimum atomic E-state index is -2.78. The first-order valence-electron chi connectivity index (χ1n) is 8.09. The molecule has 25 heavy (non-hydrogen) atoms. The van der Waals surface area contributed by atoms with E-state index in [9.17, 15) is 4.79 Å². The molecule has 4 heteroatoms. The van der Waals surface area contributed by atoms with Gasteiger partial charge in [0.15, 0.2) is 0 Å². The van der Waals surface area contributed by atoms with Crippen LogP contribution in [0.5, 0.6) is 0 Å². The van der Waals surface area contributed by atoms with Crippen molar-refractivity contribution in [3.05, 3.63) is 91.0 Å². The van der Waals surface area contributed by atoms with E-state index in [1.807, 2.05) is 0 Å². The Labute approximate surface area is 166 Å². The molecule has 1 nitrogen and oxygen atoms in total. The van der Waals surface area contributed by atoms with Gasteiger partial charge in [-0.05, 0) is 0 Å². The van der Waals surface area contributed by atoms with Crippen molar-refractivity contribution < 1.29 is 4.79 Å². The standard InChI is InChI=1S/C21H20IOPS/c1-18(23)25-17-24(22,19-11-5-2-6-12-19,20-13-7-3-8-14-20)21-15-9-4-10-16-21/h2-16H,17H2,1H3. The molecule has 0 aliphatic heterocycles. The third kappa shape index (κ3) is 3.42. The molecule has 0 spiro atoms. The first-order valence-corrected chi connectivity index (χ1v) is 14.3. The molecule has 0 heterocycles. The topological polar surface area (TPSA) is 17.1 Å². The number of carbonyl (C=O) groups excluding carboxylic acids is 1. The average molecular weight is 478 g/mol. The quantitative estimate of drug-likeness (QED) is 0.375. The number of hydrogen-bond donors (Lipinski definition) is 0. The minimum absolute atomic E-state index is 0.161. The Bertz CT molecular complexity index is 753. The predicted octanol–water partition coefficient (Wildman–Crippen LogP) is 5.10. The number of thioether (sulfide) groups is 1. The molecule has 0 atom stereocenters. The predicted molar refractivity (Wildman–Crippen MR) is 122 cm³/mol. The SMILES string of the molecule is CC(=O)SCP(I)(c1ccccc1)(c1ccccc1)c1ccccc1. The summed E-state index contributed by atoms with van der Waals surface area (Å²) in [7, 11) is 0. The maximum atomic E-state index is 11.9. The Balaban J connectivity index is 2.38. The van der Waals surface area contributed by atoms with E-state index in [1.54, 1.807) is 6.92 Å². The van der Waals surface area contributed by atoms with Gasteiger partial charge >= 0.3 is 167 Å². The van der Waals surface area contributed by atoms with E-state index in [1.165, 1.54) is 27.7 Å². The van der Waals surface area contributed by atoms with Crippen molar-refractivity contribution in [3.8, 4) is 0 Å². The van der Waals surface area contributed by atoms with Crippen LogP contribution in [-0.2, 0) is 4.79 Å². The fourth-order valence-corrected chi connectivity index (χ4v) is 14.0. The van der Waals surface area contributed by atoms with Crippen molar-refractivity contribution in [2.45, 2.75) is 6.92 Å². The molecule has 3 aromatic carbocycles. The molecule has 0 radical (unpaired) electrons. The molecule has 3 aromatic rings. The van der Waals surface area contributed by atoms with Gasteiger partial charge in [-0.1, -0.05) is 0 Å². The van der Waals surface area contributed by atoms with Crippen LogP contribution >= 0.6 is 38.0 Å². The Morgan fingerprint density at radius 3 is 1.36 bits per heavy atom. The first kappa shape index (κ1) is 18.6. The van der Waals surface area contributed by atoms with Crippen molar-refractivity contribution in [1.82, 2.24) is 0 Å². The normalized spacial score (nSPS) is 13.0. The van der Waals surface area contributed by atoms with Gasteiger partial charge < -0.3 is 0 Å². The van der Waals surface area contributed by atoms with E-state index in [4.69, 9.17) is 0 Å². The van der Waals surface area contributed by atoms with Crippen LogP contribution in [0.15, 0.2) is 91.0 Å². The number of carbonyl (C=O) groups is 1. The third-order valence-electron chi connectivity index (χ3n) is 4.39. The summed E-state index contributed by atoms with van der Waals surface area (Å²) in [5, 5.41) is 4.08. The number of hydrogen-bond acceptors (Lipinski definition) is 2. The zero-order chi connectivity index (χ0) is 17.8. The first-order chi connectivity index (χ1) is 12.1. The summed E-state index contributed by atoms with van der Waals surface area (Å²) in [4.78, 5) is 11.9. The number of rotatable bonds is 5. The fraction of sp³-hybridized carbons (Fsp3) is 0.0952. The molecular weight excluding hydrogens is 458 g/mol. The van der Waals surface area contributed by atoms with Crippen molar-refractivity contribution in [3.63, 3.8) is 0 Å². The molecule has 0 aromatic heterocycles. The van der Waals surface area contributed by atoms with Gasteiger partial charge in [0.25, 0.3) is 0 Å². The maximum absolute atomic E-state index is 11.9. The molecule has 128 valence electrons. The summed E-state index contributed by atoms with van der Waals surface area (Å²) in [5.41, 5.74) is 0.763. The van der Waals surface area contributed by atoms with E-state index >= 15 is 0 Å². The van der Waals surface area contributed by atoms with Crippen molar-refractivity contribution in [1.29, 1.82) is 0 Å². The van der Waals surface area contributed by atoms with Gasteiger partial charge in [-0.15, -0.1) is 0 Å². The zero-order valence-corrected chi connectivity index (χ0v) is 17.9. The van der Waals surface area contributed by atoms with Crippen LogP contribution in [0.3, 0.4) is 0 Å². The average Bonchev–Trinajstić information content (AvgIpc) is 2.68. The second kappa shape index (κ2) is 7.61. The summed E-state index contributed by atoms with van der Waals surface area (Å²) in [5.74, 6) is 0. The Kier molecular flexibility index (Phi) is 5.67. The third-order valence-corrected chi connectivity index (χ3v) is 18.9. The second-order valence-corrected chi connectivity index (χ2v) is 18.2. The molecule has 0 unspecified atom stereocenters. The number of halogens is 1. The molecule has 0 amide bonds. The molecule has 0 saturated heterocycles. The molecule has 0 saturated carbocycles. The van der Waals surface area contributed by atoms with Crippen molar-refractivity contribution in [2.75, 3.05) is 5.49 Å². The van der Waals surface area contributed by atoms with Gasteiger partial charge in [-0.25, -0.2) is 0 Å². The van der Waals surface area contributed by atoms with Gasteiger partial charge in [0.1, 0.15) is 0 Å². The van der Waals surface area contributed by atoms with Crippen LogP contribution in [0.4, 0.5) is 0 Å². The monoisotopic (exact) mass is 478 g/mol. The Morgan fingerprint density at radius 2 is 1.08 bits per heavy atom. The molecular formula is C21H20IOPS. The summed E-state index contributed by atoms with van der Waals surface area (Å²) < 4.78 is -2.78. The van der Waals surface area contributed by atoms with Gasteiger partial charge in [-0.3, -0.25) is 0 Å². The van der Waals surface area contributed by atoms with Crippen molar-refractivity contribution in [2.24, 2.45) is 0 Å². The van der Waals surface area contributed by atoms with Gasteiger partial charge in [0, 0.05) is 0 Å². The Hall–Kier alpha value is -1.16. The molecule has 0 aliphatic carbocycles. The van der Waals surface area contributed by atoms with E-state index in [0.29, 0.717) is 0 Å². The van der Waals surface area contributed by atoms with E-state index in [-0.39, 0.29) is 5.12 Å². The molecule has 0 aliphatic rings. The molecule has 0 bridgehead atoms.